The average Bonchev–Trinajstić information content (AvgIpc) is 3.10. The van der Waals surface area contributed by atoms with E-state index in [1.807, 2.05) is 6.07 Å². The van der Waals surface area contributed by atoms with Crippen LogP contribution < -0.4 is 0 Å². The summed E-state index contributed by atoms with van der Waals surface area (Å²) in [6.45, 7) is 2.50. The van der Waals surface area contributed by atoms with Gasteiger partial charge in [0.15, 0.2) is 0 Å². The first-order valence-electron chi connectivity index (χ1n) is 11.7. The van der Waals surface area contributed by atoms with E-state index in [1.165, 1.54) is 9.80 Å². The van der Waals surface area contributed by atoms with Crippen molar-refractivity contribution in [3.8, 4) is 0 Å². The Bertz CT molecular complexity index is 1060. The average molecular weight is 464 g/mol. The Morgan fingerprint density at radius 3 is 2.62 bits per heavy atom. The van der Waals surface area contributed by atoms with Gasteiger partial charge in [-0.25, -0.2) is 4.79 Å². The van der Waals surface area contributed by atoms with Crippen molar-refractivity contribution in [3.05, 3.63) is 66.0 Å². The van der Waals surface area contributed by atoms with Crippen molar-refractivity contribution >= 4 is 23.7 Å². The van der Waals surface area contributed by atoms with Crippen molar-refractivity contribution in [2.24, 2.45) is 0 Å². The van der Waals surface area contributed by atoms with E-state index in [-0.39, 0.29) is 37.8 Å². The zero-order valence-electron chi connectivity index (χ0n) is 19.3. The highest BCUT2D eigenvalue weighted by molar-refractivity contribution is 6.10. The van der Waals surface area contributed by atoms with Gasteiger partial charge in [-0.3, -0.25) is 24.3 Å². The molecule has 8 heteroatoms. The third kappa shape index (κ3) is 4.58. The van der Waals surface area contributed by atoms with E-state index < -0.39 is 23.3 Å². The second-order valence-corrected chi connectivity index (χ2v) is 8.80. The number of hydrogen-bond donors (Lipinski definition) is 0. The Morgan fingerprint density at radius 1 is 1.12 bits per heavy atom. The Kier molecular flexibility index (Phi) is 7.05. The van der Waals surface area contributed by atoms with Gasteiger partial charge >= 0.3 is 5.97 Å². The number of hydrogen-bond acceptors (Lipinski definition) is 6. The molecule has 1 aromatic heterocycles. The van der Waals surface area contributed by atoms with Crippen LogP contribution in [-0.2, 0) is 35.9 Å². The minimum atomic E-state index is -1.31. The number of nitrogens with zero attached hydrogens (tertiary/aromatic N) is 3. The van der Waals surface area contributed by atoms with Gasteiger partial charge in [-0.1, -0.05) is 36.4 Å². The molecule has 2 saturated heterocycles. The van der Waals surface area contributed by atoms with E-state index in [9.17, 15) is 19.2 Å². The second-order valence-electron chi connectivity index (χ2n) is 8.80. The molecule has 1 aromatic carbocycles. The van der Waals surface area contributed by atoms with Gasteiger partial charge in [-0.2, -0.15) is 0 Å². The molecule has 0 aliphatic carbocycles. The summed E-state index contributed by atoms with van der Waals surface area (Å²) in [6, 6.07) is 11.9. The maximum Gasteiger partial charge on any atom is 0.328 e. The number of amides is 3. The highest BCUT2D eigenvalue weighted by atomic mass is 16.5. The normalized spacial score (nSPS) is 22.7. The van der Waals surface area contributed by atoms with Gasteiger partial charge < -0.3 is 9.64 Å². The summed E-state index contributed by atoms with van der Waals surface area (Å²) in [5.41, 5.74) is 0.0479. The number of piperidine rings is 1. The molecule has 8 nitrogen and oxygen atoms in total. The lowest BCUT2D eigenvalue weighted by molar-refractivity contribution is -0.157. The van der Waals surface area contributed by atoms with Crippen molar-refractivity contribution in [1.82, 2.24) is 14.8 Å². The predicted molar refractivity (Wildman–Crippen MR) is 123 cm³/mol. The van der Waals surface area contributed by atoms with Crippen LogP contribution in [0.2, 0.25) is 0 Å². The molecule has 0 radical (unpaired) electrons. The van der Waals surface area contributed by atoms with Crippen LogP contribution in [-0.4, -0.2) is 57.7 Å². The summed E-state index contributed by atoms with van der Waals surface area (Å²) in [6.07, 6.45) is 5.10. The minimum Gasteiger partial charge on any atom is -0.464 e. The monoisotopic (exact) mass is 463 g/mol. The van der Waals surface area contributed by atoms with Crippen molar-refractivity contribution in [1.29, 1.82) is 0 Å². The predicted octanol–water partition coefficient (Wildman–Crippen LogP) is 2.61. The quantitative estimate of drug-likeness (QED) is 0.463. The Hall–Kier alpha value is -3.55. The van der Waals surface area contributed by atoms with Crippen LogP contribution in [0.4, 0.5) is 0 Å². The van der Waals surface area contributed by atoms with Crippen LogP contribution >= 0.6 is 0 Å². The lowest BCUT2D eigenvalue weighted by Crippen LogP contribution is -2.51. The van der Waals surface area contributed by atoms with Crippen molar-refractivity contribution in [2.45, 2.75) is 57.0 Å². The van der Waals surface area contributed by atoms with Gasteiger partial charge in [0.2, 0.25) is 17.7 Å². The first kappa shape index (κ1) is 23.6. The molecule has 3 amide bonds. The fourth-order valence-electron chi connectivity index (χ4n) is 4.93. The van der Waals surface area contributed by atoms with Crippen LogP contribution in [0.3, 0.4) is 0 Å². The van der Waals surface area contributed by atoms with Crippen LogP contribution in [0.25, 0.3) is 0 Å². The Balaban J connectivity index is 1.64. The molecule has 34 heavy (non-hydrogen) atoms. The zero-order valence-corrected chi connectivity index (χ0v) is 19.3. The molecule has 2 fully saturated rings. The number of imide groups is 1. The number of carbonyl (C=O) groups excluding carboxylic acids is 4. The maximum atomic E-state index is 13.8. The summed E-state index contributed by atoms with van der Waals surface area (Å²) in [4.78, 5) is 59.8. The molecule has 0 N–H and O–H groups in total. The number of ether oxygens (including phenoxy) is 1. The molecule has 2 atom stereocenters. The molecule has 0 spiro atoms. The van der Waals surface area contributed by atoms with Crippen molar-refractivity contribution in [2.75, 3.05) is 13.2 Å². The highest BCUT2D eigenvalue weighted by Crippen LogP contribution is 2.41. The lowest BCUT2D eigenvalue weighted by Gasteiger charge is -2.36. The van der Waals surface area contributed by atoms with E-state index in [1.54, 1.807) is 55.7 Å². The second kappa shape index (κ2) is 10.2. The first-order chi connectivity index (χ1) is 16.5. The maximum absolute atomic E-state index is 13.8. The fourth-order valence-corrected chi connectivity index (χ4v) is 4.93. The van der Waals surface area contributed by atoms with Crippen LogP contribution in [0, 0.1) is 0 Å². The summed E-state index contributed by atoms with van der Waals surface area (Å²) >= 11 is 0. The highest BCUT2D eigenvalue weighted by Gasteiger charge is 2.54. The number of aromatic nitrogens is 1. The lowest BCUT2D eigenvalue weighted by atomic mass is 9.75. The third-order valence-electron chi connectivity index (χ3n) is 6.63. The molecule has 4 rings (SSSR count). The van der Waals surface area contributed by atoms with E-state index in [4.69, 9.17) is 4.74 Å². The van der Waals surface area contributed by atoms with Crippen molar-refractivity contribution < 1.29 is 23.9 Å². The van der Waals surface area contributed by atoms with Crippen molar-refractivity contribution in [3.63, 3.8) is 0 Å². The number of likely N-dealkylation sites (tertiary alicyclic amines) is 2. The molecule has 2 aliphatic rings. The number of carbonyl (C=O) groups is 4. The van der Waals surface area contributed by atoms with Gasteiger partial charge in [0.05, 0.1) is 18.6 Å². The topological polar surface area (TPSA) is 96.9 Å². The summed E-state index contributed by atoms with van der Waals surface area (Å²) in [7, 11) is 0. The zero-order chi connectivity index (χ0) is 24.1. The number of esters is 1. The van der Waals surface area contributed by atoms with Crippen LogP contribution in [0.15, 0.2) is 54.9 Å². The summed E-state index contributed by atoms with van der Waals surface area (Å²) < 4.78 is 5.20. The molecule has 3 heterocycles. The van der Waals surface area contributed by atoms with Gasteiger partial charge in [-0.05, 0) is 43.4 Å². The summed E-state index contributed by atoms with van der Waals surface area (Å²) in [5, 5.41) is 0. The van der Waals surface area contributed by atoms with E-state index >= 15 is 0 Å². The van der Waals surface area contributed by atoms with Crippen LogP contribution in [0.5, 0.6) is 0 Å². The molecular weight excluding hydrogens is 434 g/mol. The molecule has 2 unspecified atom stereocenters. The molecule has 2 aliphatic heterocycles. The largest absolute Gasteiger partial charge is 0.464 e. The van der Waals surface area contributed by atoms with Gasteiger partial charge in [0.1, 0.15) is 6.04 Å². The Morgan fingerprint density at radius 2 is 1.91 bits per heavy atom. The molecule has 178 valence electrons. The van der Waals surface area contributed by atoms with E-state index in [0.29, 0.717) is 18.5 Å². The first-order valence-corrected chi connectivity index (χ1v) is 11.7. The Labute approximate surface area is 198 Å². The minimum absolute atomic E-state index is 0.0975. The van der Waals surface area contributed by atoms with Gasteiger partial charge in [0, 0.05) is 31.8 Å². The van der Waals surface area contributed by atoms with Gasteiger partial charge in [-0.15, -0.1) is 0 Å². The smallest absolute Gasteiger partial charge is 0.328 e. The fraction of sp³-hybridized carbons (Fsp3) is 0.423. The number of benzene rings is 1. The van der Waals surface area contributed by atoms with Crippen LogP contribution in [0.1, 0.15) is 50.2 Å². The number of rotatable bonds is 7. The standard InChI is InChI=1S/C26H29N3O5/c1-2-34-24(32)21-12-6-7-14-28(21)22(30)15-26(20-10-4-3-5-11-20)16-23(31)29(25(26)33)18-19-9-8-13-27-17-19/h3-5,8-11,13,17,21H,2,6-7,12,14-16,18H2,1H3. The third-order valence-corrected chi connectivity index (χ3v) is 6.63. The van der Waals surface area contributed by atoms with Gasteiger partial charge in [0.25, 0.3) is 0 Å². The summed E-state index contributed by atoms with van der Waals surface area (Å²) in [5.74, 6) is -1.46. The van der Waals surface area contributed by atoms with E-state index in [2.05, 4.69) is 4.98 Å². The number of pyridine rings is 1. The molecule has 0 bridgehead atoms. The van der Waals surface area contributed by atoms with E-state index in [0.717, 1.165) is 18.4 Å². The SMILES string of the molecule is CCOC(=O)C1CCCCN1C(=O)CC1(c2ccccc2)CC(=O)N(Cc2cccnc2)C1=O. The molecule has 0 saturated carbocycles. The molecular formula is C26H29N3O5. The molecule has 2 aromatic rings.